The molecule has 0 rings (SSSR count). The molecule has 0 aliphatic heterocycles. The van der Waals surface area contributed by atoms with E-state index in [1.165, 1.54) is 0 Å². The molecule has 0 aliphatic carbocycles. The molecule has 15 heteroatoms. The van der Waals surface area contributed by atoms with E-state index in [9.17, 15) is 19.2 Å². The Kier molecular flexibility index (Phi) is 9.72. The van der Waals surface area contributed by atoms with Crippen LogP contribution in [0.15, 0.2) is 0 Å². The van der Waals surface area contributed by atoms with Crippen LogP contribution in [0.2, 0.25) is 65.5 Å². The zero-order valence-corrected chi connectivity index (χ0v) is 24.2. The van der Waals surface area contributed by atoms with E-state index in [4.69, 9.17) is 21.2 Å². The first-order valence-corrected chi connectivity index (χ1v) is 25.3. The van der Waals surface area contributed by atoms with Crippen LogP contribution in [0.4, 0.5) is 0 Å². The van der Waals surface area contributed by atoms with Gasteiger partial charge in [-0.25, -0.2) is 0 Å². The molecule has 0 aliphatic rings. The topological polar surface area (TPSA) is 127 Å². The maximum Gasteiger partial charge on any atom is 0.371 e. The predicted molar refractivity (Wildman–Crippen MR) is 117 cm³/mol. The van der Waals surface area contributed by atoms with Crippen molar-refractivity contribution in [3.05, 3.63) is 0 Å². The Morgan fingerprint density at radius 3 is 1.07 bits per heavy atom. The van der Waals surface area contributed by atoms with Gasteiger partial charge in [0.15, 0.2) is 0 Å². The molecule has 0 fully saturated rings. The monoisotopic (exact) mass is 494 g/mol. The van der Waals surface area contributed by atoms with Crippen LogP contribution in [0.5, 0.6) is 0 Å². The van der Waals surface area contributed by atoms with Gasteiger partial charge in [0.05, 0.1) is 12.5 Å². The molecule has 164 valence electrons. The molecule has 0 atom stereocenters. The summed E-state index contributed by atoms with van der Waals surface area (Å²) in [7, 11) is -18.1. The molecule has 0 bridgehead atoms. The van der Waals surface area contributed by atoms with Crippen LogP contribution in [0.25, 0.3) is 0 Å². The van der Waals surface area contributed by atoms with Crippen LogP contribution in [-0.2, 0) is 21.2 Å². The van der Waals surface area contributed by atoms with Crippen LogP contribution < -0.4 is 0 Å². The molecular weight excluding hydrogens is 457 g/mol. The Labute approximate surface area is 169 Å². The van der Waals surface area contributed by atoms with E-state index in [1.54, 1.807) is 65.5 Å². The van der Waals surface area contributed by atoms with Gasteiger partial charge in [0.25, 0.3) is 0 Å². The third-order valence-corrected chi connectivity index (χ3v) is 17.0. The molecule has 0 aromatic heterocycles. The highest BCUT2D eigenvalue weighted by Gasteiger charge is 2.51. The molecule has 9 nitrogen and oxygen atoms in total. The van der Waals surface area contributed by atoms with Crippen molar-refractivity contribution in [2.75, 3.05) is 12.5 Å². The Morgan fingerprint density at radius 1 is 0.481 bits per heavy atom. The normalized spacial score (nSPS) is 15.3. The van der Waals surface area contributed by atoms with Gasteiger partial charge in [-0.05, 0) is 65.5 Å². The zero-order chi connectivity index (χ0) is 21.9. The Morgan fingerprint density at radius 2 is 0.815 bits per heavy atom. The van der Waals surface area contributed by atoms with Gasteiger partial charge >= 0.3 is 51.4 Å². The quantitative estimate of drug-likeness (QED) is 0.294. The Hall–Kier alpha value is 0.941. The van der Waals surface area contributed by atoms with Gasteiger partial charge in [0, 0.05) is 0 Å². The fraction of sp³-hybridized carbons (Fsp3) is 1.00. The summed E-state index contributed by atoms with van der Waals surface area (Å²) in [6.45, 7) is 16.5. The Balaban J connectivity index is 5.85. The van der Waals surface area contributed by atoms with E-state index in [2.05, 4.69) is 0 Å². The lowest BCUT2D eigenvalue weighted by molar-refractivity contribution is 0.178. The third kappa shape index (κ3) is 15.4. The minimum Gasteiger partial charge on any atom is -0.416 e. The van der Waals surface area contributed by atoms with Gasteiger partial charge < -0.3 is 40.4 Å². The van der Waals surface area contributed by atoms with Crippen LogP contribution in [0.1, 0.15) is 0 Å². The van der Waals surface area contributed by atoms with Crippen molar-refractivity contribution in [2.24, 2.45) is 0 Å². The van der Waals surface area contributed by atoms with Gasteiger partial charge in [-0.1, -0.05) is 0 Å². The molecule has 0 aromatic rings. The largest absolute Gasteiger partial charge is 0.416 e. The van der Waals surface area contributed by atoms with Crippen molar-refractivity contribution in [2.45, 2.75) is 65.5 Å². The van der Waals surface area contributed by atoms with E-state index < -0.39 is 51.4 Å². The molecule has 0 aromatic carbocycles. The van der Waals surface area contributed by atoms with Gasteiger partial charge in [0.1, 0.15) is 0 Å². The summed E-state index contributed by atoms with van der Waals surface area (Å²) in [5.41, 5.74) is 0. The summed E-state index contributed by atoms with van der Waals surface area (Å²) in [5, 5.41) is 0. The summed E-state index contributed by atoms with van der Waals surface area (Å²) in [6, 6.07) is 0. The van der Waals surface area contributed by atoms with E-state index in [-0.39, 0.29) is 12.5 Å². The van der Waals surface area contributed by atoms with E-state index in [0.29, 0.717) is 0 Å². The molecule has 0 amide bonds. The van der Waals surface area contributed by atoms with Crippen molar-refractivity contribution >= 4 is 51.4 Å². The fourth-order valence-corrected chi connectivity index (χ4v) is 21.0. The molecule has 0 heterocycles. The molecule has 4 N–H and O–H groups in total. The van der Waals surface area contributed by atoms with Crippen molar-refractivity contribution in [1.82, 2.24) is 0 Å². The summed E-state index contributed by atoms with van der Waals surface area (Å²) >= 11 is 0. The van der Waals surface area contributed by atoms with E-state index >= 15 is 0 Å². The van der Waals surface area contributed by atoms with Gasteiger partial charge in [-0.15, -0.1) is 0 Å². The molecule has 0 unspecified atom stereocenters. The molecule has 0 radical (unpaired) electrons. The highest BCUT2D eigenvalue weighted by atomic mass is 28.5. The first-order valence-electron chi connectivity index (χ1n) is 8.81. The van der Waals surface area contributed by atoms with Crippen LogP contribution >= 0.6 is 0 Å². The second kappa shape index (κ2) is 9.39. The third-order valence-electron chi connectivity index (χ3n) is 2.65. The lowest BCUT2D eigenvalue weighted by atomic mass is 11.7. The summed E-state index contributed by atoms with van der Waals surface area (Å²) in [4.78, 5) is 40.9. The summed E-state index contributed by atoms with van der Waals surface area (Å²) < 4.78 is 29.5. The van der Waals surface area contributed by atoms with Crippen LogP contribution in [0, 0.1) is 0 Å². The fourth-order valence-electron chi connectivity index (χ4n) is 2.28. The van der Waals surface area contributed by atoms with Crippen LogP contribution in [-0.4, -0.2) is 83.0 Å². The maximum absolute atomic E-state index is 10.4. The average molecular weight is 495 g/mol. The highest BCUT2D eigenvalue weighted by Crippen LogP contribution is 2.25. The zero-order valence-electron chi connectivity index (χ0n) is 18.2. The summed E-state index contributed by atoms with van der Waals surface area (Å²) in [6.07, 6.45) is -0.144. The van der Waals surface area contributed by atoms with E-state index in [1.807, 2.05) is 0 Å². The van der Waals surface area contributed by atoms with Gasteiger partial charge in [0.2, 0.25) is 0 Å². The number of hydrogen-bond donors (Lipinski definition) is 4. The lowest BCUT2D eigenvalue weighted by Crippen LogP contribution is -2.66. The number of hydrogen-bond acceptors (Lipinski definition) is 9. The van der Waals surface area contributed by atoms with E-state index in [0.717, 1.165) is 0 Å². The van der Waals surface area contributed by atoms with Crippen molar-refractivity contribution in [3.63, 3.8) is 0 Å². The molecular formula is C12H38O9Si6. The first-order chi connectivity index (χ1) is 11.5. The van der Waals surface area contributed by atoms with Crippen molar-refractivity contribution in [1.29, 1.82) is 0 Å². The second-order valence-electron chi connectivity index (χ2n) is 8.98. The first kappa shape index (κ1) is 27.9. The van der Waals surface area contributed by atoms with Gasteiger partial charge in [-0.3, -0.25) is 0 Å². The van der Waals surface area contributed by atoms with Crippen molar-refractivity contribution < 1.29 is 40.4 Å². The molecule has 27 heavy (non-hydrogen) atoms. The highest BCUT2D eigenvalue weighted by molar-refractivity contribution is 6.88. The second-order valence-corrected chi connectivity index (χ2v) is 28.8. The minimum absolute atomic E-state index is 0.0720. The minimum atomic E-state index is -3.42. The predicted octanol–water partition coefficient (Wildman–Crippen LogP) is 1.07. The SMILES string of the molecule is C[Si](C)(O)OC[Si](CO[Si](C)(C)O)(O[Si](C)(C)O)O[Si](C)(C)O[Si](C)(C)O. The molecule has 0 saturated carbocycles. The summed E-state index contributed by atoms with van der Waals surface area (Å²) in [5.74, 6) is 0. The van der Waals surface area contributed by atoms with Gasteiger partial charge in [-0.2, -0.15) is 0 Å². The molecule has 0 spiro atoms. The van der Waals surface area contributed by atoms with Crippen LogP contribution in [0.3, 0.4) is 0 Å². The smallest absolute Gasteiger partial charge is 0.371 e. The Bertz CT molecular complexity index is 446. The lowest BCUT2D eigenvalue weighted by Gasteiger charge is -2.42. The average Bonchev–Trinajstić information content (AvgIpc) is 2.26. The molecule has 0 saturated heterocycles. The standard InChI is InChI=1S/C12H38O9Si6/c1-22(2,13)17-11-27(20-25(7,8)16,12-18-23(3,4)14)21-26(9,10)19-24(5,6)15/h13-16H,11-12H2,1-10H3. The maximum atomic E-state index is 10.4. The number of rotatable bonds is 12. The van der Waals surface area contributed by atoms with Crippen molar-refractivity contribution in [3.8, 4) is 0 Å².